The van der Waals surface area contributed by atoms with E-state index in [0.717, 1.165) is 54.0 Å². The van der Waals surface area contributed by atoms with Gasteiger partial charge in [0, 0.05) is 30.8 Å². The third-order valence-corrected chi connectivity index (χ3v) is 7.94. The van der Waals surface area contributed by atoms with Crippen LogP contribution in [0.1, 0.15) is 54.9 Å². The molecule has 1 aliphatic heterocycles. The summed E-state index contributed by atoms with van der Waals surface area (Å²) in [4.78, 5) is 6.69. The van der Waals surface area contributed by atoms with E-state index < -0.39 is 23.6 Å². The van der Waals surface area contributed by atoms with Crippen LogP contribution in [0.15, 0.2) is 36.5 Å². The topological polar surface area (TPSA) is 91.8 Å². The minimum Gasteiger partial charge on any atom is -0.497 e. The van der Waals surface area contributed by atoms with E-state index in [2.05, 4.69) is 9.88 Å². The Morgan fingerprint density at radius 1 is 1.13 bits per heavy atom. The average molecular weight is 532 g/mol. The van der Waals surface area contributed by atoms with Gasteiger partial charge in [0.05, 0.1) is 18.7 Å². The second-order valence-corrected chi connectivity index (χ2v) is 10.3. The largest absolute Gasteiger partial charge is 0.497 e. The number of piperidine rings is 1. The minimum atomic E-state index is -1.16. The van der Waals surface area contributed by atoms with Crippen LogP contribution in [0.2, 0.25) is 0 Å². The van der Waals surface area contributed by atoms with Gasteiger partial charge in [-0.05, 0) is 105 Å². The fourth-order valence-corrected chi connectivity index (χ4v) is 5.53. The molecule has 0 spiro atoms. The van der Waals surface area contributed by atoms with Crippen molar-refractivity contribution in [2.75, 3.05) is 33.4 Å². The molecular weight excluding hydrogens is 495 g/mol. The second kappa shape index (κ2) is 12.4. The number of fused-ring (bicyclic) bond motifs is 1. The number of aliphatic hydroxyl groups excluding tert-OH is 2. The normalized spacial score (nSPS) is 16.6. The zero-order valence-electron chi connectivity index (χ0n) is 21.7. The lowest BCUT2D eigenvalue weighted by atomic mass is 9.74. The van der Waals surface area contributed by atoms with E-state index in [0.29, 0.717) is 37.6 Å². The van der Waals surface area contributed by atoms with E-state index in [1.807, 2.05) is 18.2 Å². The molecule has 0 unspecified atom stereocenters. The van der Waals surface area contributed by atoms with Crippen molar-refractivity contribution in [1.29, 1.82) is 0 Å². The first-order valence-electron chi connectivity index (χ1n) is 13.1. The predicted octanol–water partition coefficient (Wildman–Crippen LogP) is 4.64. The summed E-state index contributed by atoms with van der Waals surface area (Å²) in [5.74, 6) is -2.25. The van der Waals surface area contributed by atoms with Gasteiger partial charge >= 0.3 is 0 Å². The summed E-state index contributed by atoms with van der Waals surface area (Å²) in [6, 6.07) is 7.16. The lowest BCUT2D eigenvalue weighted by Crippen LogP contribution is -2.42. The average Bonchev–Trinajstić information content (AvgIpc) is 2.94. The van der Waals surface area contributed by atoms with Gasteiger partial charge in [0.15, 0.2) is 11.6 Å². The molecule has 3 aromatic rings. The van der Waals surface area contributed by atoms with Gasteiger partial charge in [0.25, 0.3) is 0 Å². The van der Waals surface area contributed by atoms with Crippen LogP contribution < -0.4 is 10.5 Å². The highest BCUT2D eigenvalue weighted by Gasteiger charge is 2.34. The molecule has 1 atom stereocenters. The Morgan fingerprint density at radius 3 is 2.58 bits per heavy atom. The maximum absolute atomic E-state index is 13.9. The van der Waals surface area contributed by atoms with Crippen LogP contribution in [0.3, 0.4) is 0 Å². The molecule has 0 radical (unpaired) electrons. The van der Waals surface area contributed by atoms with E-state index in [1.54, 1.807) is 13.3 Å². The molecule has 0 amide bonds. The van der Waals surface area contributed by atoms with Gasteiger partial charge in [0.2, 0.25) is 0 Å². The lowest BCUT2D eigenvalue weighted by Gasteiger charge is -2.41. The number of nitrogens with zero attached hydrogens (tertiary/aromatic N) is 2. The molecule has 206 valence electrons. The summed E-state index contributed by atoms with van der Waals surface area (Å²) in [6.45, 7) is 2.45. The van der Waals surface area contributed by atoms with Crippen LogP contribution in [0.4, 0.5) is 13.2 Å². The third kappa shape index (κ3) is 6.29. The summed E-state index contributed by atoms with van der Waals surface area (Å²) in [7, 11) is 1.59. The highest BCUT2D eigenvalue weighted by atomic mass is 19.2. The Labute approximate surface area is 221 Å². The number of aryl methyl sites for hydroxylation is 1. The van der Waals surface area contributed by atoms with Crippen LogP contribution in [0, 0.1) is 22.9 Å². The van der Waals surface area contributed by atoms with Crippen LogP contribution in [-0.4, -0.2) is 53.4 Å². The molecule has 1 aliphatic rings. The summed E-state index contributed by atoms with van der Waals surface area (Å²) in [6.07, 6.45) is 4.39. The molecule has 4 N–H and O–H groups in total. The summed E-state index contributed by atoms with van der Waals surface area (Å²) < 4.78 is 46.2. The summed E-state index contributed by atoms with van der Waals surface area (Å²) >= 11 is 0. The van der Waals surface area contributed by atoms with Gasteiger partial charge in [-0.3, -0.25) is 4.98 Å². The van der Waals surface area contributed by atoms with E-state index in [4.69, 9.17) is 10.5 Å². The van der Waals surface area contributed by atoms with Crippen LogP contribution in [0.5, 0.6) is 5.75 Å². The molecule has 1 saturated heterocycles. The number of aliphatic hydroxyl groups is 2. The van der Waals surface area contributed by atoms with E-state index in [9.17, 15) is 23.4 Å². The van der Waals surface area contributed by atoms with Gasteiger partial charge in [-0.2, -0.15) is 0 Å². The number of likely N-dealkylation sites (tertiary alicyclic amines) is 1. The number of hydrogen-bond donors (Lipinski definition) is 3. The highest BCUT2D eigenvalue weighted by molar-refractivity contribution is 5.85. The zero-order valence-corrected chi connectivity index (χ0v) is 21.7. The predicted molar refractivity (Wildman–Crippen MR) is 140 cm³/mol. The van der Waals surface area contributed by atoms with Crippen molar-refractivity contribution in [2.24, 2.45) is 11.1 Å². The summed E-state index contributed by atoms with van der Waals surface area (Å²) in [5, 5.41) is 22.4. The number of aromatic nitrogens is 1. The molecule has 38 heavy (non-hydrogen) atoms. The fraction of sp³-hybridized carbons (Fsp3) is 0.483. The number of halogens is 3. The van der Waals surface area contributed by atoms with Crippen LogP contribution >= 0.6 is 0 Å². The molecule has 0 saturated carbocycles. The quantitative estimate of drug-likeness (QED) is 0.312. The molecule has 9 heteroatoms. The first kappa shape index (κ1) is 28.3. The SMILES string of the molecule is COc1ccc2ncc(CN)c([C@@H](O)CCC3(CO)CCN(CCCc4cc(F)cc(F)c4F)CC3)c2c1. The van der Waals surface area contributed by atoms with Crippen molar-refractivity contribution in [1.82, 2.24) is 9.88 Å². The number of methoxy groups -OCH3 is 1. The smallest absolute Gasteiger partial charge is 0.162 e. The molecule has 1 aromatic heterocycles. The molecule has 4 rings (SSSR count). The monoisotopic (exact) mass is 531 g/mol. The Hall–Kier alpha value is -2.72. The van der Waals surface area contributed by atoms with Crippen molar-refractivity contribution < 1.29 is 28.1 Å². The van der Waals surface area contributed by atoms with Crippen LogP contribution in [-0.2, 0) is 13.0 Å². The maximum atomic E-state index is 13.9. The van der Waals surface area contributed by atoms with Crippen molar-refractivity contribution in [3.05, 3.63) is 70.7 Å². The molecule has 6 nitrogen and oxygen atoms in total. The molecule has 2 aromatic carbocycles. The Balaban J connectivity index is 1.35. The van der Waals surface area contributed by atoms with E-state index in [1.165, 1.54) is 0 Å². The van der Waals surface area contributed by atoms with Crippen molar-refractivity contribution in [2.45, 2.75) is 51.2 Å². The number of hydrogen-bond acceptors (Lipinski definition) is 6. The van der Waals surface area contributed by atoms with Gasteiger partial charge in [-0.25, -0.2) is 13.2 Å². The number of benzene rings is 2. The van der Waals surface area contributed by atoms with Gasteiger partial charge in [0.1, 0.15) is 11.6 Å². The minimum absolute atomic E-state index is 0.0238. The number of ether oxygens (including phenoxy) is 1. The third-order valence-electron chi connectivity index (χ3n) is 7.94. The van der Waals surface area contributed by atoms with Gasteiger partial charge in [-0.1, -0.05) is 0 Å². The number of nitrogens with two attached hydrogens (primary N) is 1. The summed E-state index contributed by atoms with van der Waals surface area (Å²) in [5.41, 5.74) is 8.00. The van der Waals surface area contributed by atoms with Crippen molar-refractivity contribution in [3.63, 3.8) is 0 Å². The standard InChI is InChI=1S/C29H36F3N3O3/c1-38-22-4-5-25-23(15-22)27(20(16-33)17-34-25)26(37)6-7-29(18-36)8-11-35(12-9-29)10-2-3-19-13-21(30)14-24(31)28(19)32/h4-5,13-15,17,26,36-37H,2-3,6-12,16,18,33H2,1H3/t26-/m0/s1. The van der Waals surface area contributed by atoms with E-state index in [-0.39, 0.29) is 30.6 Å². The number of rotatable bonds is 11. The first-order chi connectivity index (χ1) is 18.3. The second-order valence-electron chi connectivity index (χ2n) is 10.3. The Morgan fingerprint density at radius 2 is 1.89 bits per heavy atom. The van der Waals surface area contributed by atoms with Crippen molar-refractivity contribution in [3.8, 4) is 5.75 Å². The van der Waals surface area contributed by atoms with E-state index >= 15 is 0 Å². The lowest BCUT2D eigenvalue weighted by molar-refractivity contribution is 0.0233. The molecule has 0 aliphatic carbocycles. The van der Waals surface area contributed by atoms with Gasteiger partial charge in [-0.15, -0.1) is 0 Å². The Kier molecular flexibility index (Phi) is 9.25. The molecular formula is C29H36F3N3O3. The Bertz CT molecular complexity index is 1240. The molecule has 1 fully saturated rings. The maximum Gasteiger partial charge on any atom is 0.162 e. The van der Waals surface area contributed by atoms with Crippen LogP contribution in [0.25, 0.3) is 10.9 Å². The van der Waals surface area contributed by atoms with Crippen molar-refractivity contribution >= 4 is 10.9 Å². The molecule has 2 heterocycles. The number of pyridine rings is 1. The molecule has 0 bridgehead atoms. The highest BCUT2D eigenvalue weighted by Crippen LogP contribution is 2.39. The van der Waals surface area contributed by atoms with Gasteiger partial charge < -0.3 is 25.6 Å². The zero-order chi connectivity index (χ0) is 27.3. The fourth-order valence-electron chi connectivity index (χ4n) is 5.53. The first-order valence-corrected chi connectivity index (χ1v) is 13.1.